The summed E-state index contributed by atoms with van der Waals surface area (Å²) in [7, 11) is -1.61. The van der Waals surface area contributed by atoms with E-state index in [9.17, 15) is 17.6 Å². The minimum Gasteiger partial charge on any atom is -0.456 e. The molecule has 3 aromatic rings. The summed E-state index contributed by atoms with van der Waals surface area (Å²) in [6.45, 7) is 0. The smallest absolute Gasteiger partial charge is 0.303 e. The molecule has 0 aliphatic carbocycles. The first kappa shape index (κ1) is 20.0. The van der Waals surface area contributed by atoms with Gasteiger partial charge < -0.3 is 4.74 Å². The van der Waals surface area contributed by atoms with Gasteiger partial charge in [0.05, 0.1) is 10.6 Å². The molecule has 1 heterocycles. The van der Waals surface area contributed by atoms with Gasteiger partial charge in [-0.2, -0.15) is 12.7 Å². The lowest BCUT2D eigenvalue weighted by Crippen LogP contribution is -2.39. The molecule has 3 rings (SSSR count). The van der Waals surface area contributed by atoms with E-state index in [2.05, 4.69) is 4.98 Å². The van der Waals surface area contributed by atoms with Gasteiger partial charge in [0.15, 0.2) is 0 Å². The van der Waals surface area contributed by atoms with Crippen molar-refractivity contribution in [3.63, 3.8) is 0 Å². The van der Waals surface area contributed by atoms with Crippen LogP contribution in [-0.4, -0.2) is 37.7 Å². The van der Waals surface area contributed by atoms with E-state index in [0.717, 1.165) is 27.2 Å². The van der Waals surface area contributed by atoms with Crippen LogP contribution in [0.3, 0.4) is 0 Å². The van der Waals surface area contributed by atoms with Crippen LogP contribution in [0.1, 0.15) is 10.4 Å². The summed E-state index contributed by atoms with van der Waals surface area (Å²) >= 11 is 6.10. The number of benzene rings is 2. The summed E-state index contributed by atoms with van der Waals surface area (Å²) in [4.78, 5) is 16.1. The van der Waals surface area contributed by atoms with Crippen LogP contribution in [0.25, 0.3) is 10.8 Å². The van der Waals surface area contributed by atoms with E-state index < -0.39 is 27.5 Å². The number of ether oxygens (including phenoxy) is 1. The highest BCUT2D eigenvalue weighted by Gasteiger charge is 2.22. The normalized spacial score (nSPS) is 11.6. The molecule has 0 saturated carbocycles. The third-order valence-electron chi connectivity index (χ3n) is 3.81. The Kier molecular flexibility index (Phi) is 5.50. The Balaban J connectivity index is 1.88. The molecular formula is C18H15ClFN3O4S. The Labute approximate surface area is 165 Å². The van der Waals surface area contributed by atoms with Crippen LogP contribution < -0.4 is 9.46 Å². The number of carbonyl (C=O) groups is 1. The lowest BCUT2D eigenvalue weighted by atomic mass is 10.1. The van der Waals surface area contributed by atoms with Gasteiger partial charge in [0.25, 0.3) is 5.91 Å². The molecule has 0 aliphatic rings. The third kappa shape index (κ3) is 4.22. The Hall–Kier alpha value is -2.75. The number of carbonyl (C=O) groups excluding carboxylic acids is 1. The first-order valence-electron chi connectivity index (χ1n) is 7.92. The average Bonchev–Trinajstić information content (AvgIpc) is 2.63. The Morgan fingerprint density at radius 2 is 1.93 bits per heavy atom. The first-order chi connectivity index (χ1) is 13.2. The van der Waals surface area contributed by atoms with E-state index in [1.165, 1.54) is 14.1 Å². The third-order valence-corrected chi connectivity index (χ3v) is 5.51. The summed E-state index contributed by atoms with van der Waals surface area (Å²) in [6.07, 6.45) is 3.32. The second-order valence-corrected chi connectivity index (χ2v) is 8.26. The quantitative estimate of drug-likeness (QED) is 0.679. The molecule has 1 N–H and O–H groups in total. The van der Waals surface area contributed by atoms with E-state index in [1.807, 2.05) is 12.1 Å². The number of hydrogen-bond donors (Lipinski definition) is 1. The number of rotatable bonds is 5. The monoisotopic (exact) mass is 423 g/mol. The highest BCUT2D eigenvalue weighted by atomic mass is 35.5. The fourth-order valence-corrected chi connectivity index (χ4v) is 3.03. The van der Waals surface area contributed by atoms with Crippen molar-refractivity contribution in [2.75, 3.05) is 14.1 Å². The van der Waals surface area contributed by atoms with Crippen molar-refractivity contribution >= 4 is 38.5 Å². The number of hydrogen-bond acceptors (Lipinski definition) is 5. The van der Waals surface area contributed by atoms with E-state index in [-0.39, 0.29) is 10.8 Å². The van der Waals surface area contributed by atoms with E-state index in [4.69, 9.17) is 16.3 Å². The number of aromatic nitrogens is 1. The molecule has 7 nitrogen and oxygen atoms in total. The molecule has 1 amide bonds. The van der Waals surface area contributed by atoms with Gasteiger partial charge >= 0.3 is 10.2 Å². The number of halogens is 2. The fourth-order valence-electron chi connectivity index (χ4n) is 2.30. The minimum absolute atomic E-state index is 0.0191. The zero-order valence-electron chi connectivity index (χ0n) is 14.8. The zero-order valence-corrected chi connectivity index (χ0v) is 16.4. The highest BCUT2D eigenvalue weighted by molar-refractivity contribution is 7.87. The molecular weight excluding hydrogens is 409 g/mol. The zero-order chi connectivity index (χ0) is 20.5. The lowest BCUT2D eigenvalue weighted by molar-refractivity contribution is 0.0976. The maximum atomic E-state index is 14.4. The Bertz CT molecular complexity index is 1170. The van der Waals surface area contributed by atoms with Crippen LogP contribution in [0.2, 0.25) is 5.02 Å². The molecule has 28 heavy (non-hydrogen) atoms. The molecule has 0 radical (unpaired) electrons. The molecule has 0 aliphatic heterocycles. The number of pyridine rings is 1. The SMILES string of the molecule is CN(C)S(=O)(=O)NC(=O)c1cc(Cl)c(Oc2ccc3ccncc3c2)cc1F. The Morgan fingerprint density at radius 3 is 2.64 bits per heavy atom. The molecule has 1 aromatic heterocycles. The number of nitrogens with one attached hydrogen (secondary N) is 1. The molecule has 0 bridgehead atoms. The predicted octanol–water partition coefficient (Wildman–Crippen LogP) is 3.36. The minimum atomic E-state index is -4.07. The summed E-state index contributed by atoms with van der Waals surface area (Å²) in [6, 6.07) is 8.97. The summed E-state index contributed by atoms with van der Waals surface area (Å²) in [5, 5.41) is 1.72. The largest absolute Gasteiger partial charge is 0.456 e. The van der Waals surface area contributed by atoms with Crippen molar-refractivity contribution in [3.8, 4) is 11.5 Å². The van der Waals surface area contributed by atoms with Crippen molar-refractivity contribution < 1.29 is 22.3 Å². The summed E-state index contributed by atoms with van der Waals surface area (Å²) in [5.74, 6) is -1.74. The van der Waals surface area contributed by atoms with Gasteiger partial charge in [-0.3, -0.25) is 9.78 Å². The predicted molar refractivity (Wildman–Crippen MR) is 103 cm³/mol. The number of nitrogens with zero attached hydrogens (tertiary/aromatic N) is 2. The van der Waals surface area contributed by atoms with Crippen LogP contribution in [-0.2, 0) is 10.2 Å². The molecule has 146 valence electrons. The molecule has 0 unspecified atom stereocenters. The van der Waals surface area contributed by atoms with Crippen LogP contribution in [0.5, 0.6) is 11.5 Å². The van der Waals surface area contributed by atoms with Crippen LogP contribution in [0.4, 0.5) is 4.39 Å². The van der Waals surface area contributed by atoms with Gasteiger partial charge in [0.1, 0.15) is 17.3 Å². The van der Waals surface area contributed by atoms with Gasteiger partial charge in [-0.25, -0.2) is 9.11 Å². The van der Waals surface area contributed by atoms with Crippen molar-refractivity contribution in [1.29, 1.82) is 0 Å². The van der Waals surface area contributed by atoms with Crippen molar-refractivity contribution in [3.05, 3.63) is 65.2 Å². The molecule has 0 fully saturated rings. The fraction of sp³-hybridized carbons (Fsp3) is 0.111. The molecule has 10 heteroatoms. The maximum absolute atomic E-state index is 14.4. The summed E-state index contributed by atoms with van der Waals surface area (Å²) < 4.78 is 46.0. The second kappa shape index (κ2) is 7.70. The lowest BCUT2D eigenvalue weighted by Gasteiger charge is -2.14. The molecule has 2 aromatic carbocycles. The highest BCUT2D eigenvalue weighted by Crippen LogP contribution is 2.33. The van der Waals surface area contributed by atoms with Gasteiger partial charge in [0.2, 0.25) is 0 Å². The number of amides is 1. The van der Waals surface area contributed by atoms with Gasteiger partial charge in [-0.05, 0) is 29.7 Å². The molecule has 0 saturated heterocycles. The maximum Gasteiger partial charge on any atom is 0.303 e. The first-order valence-corrected chi connectivity index (χ1v) is 9.74. The standard InChI is InChI=1S/C18H15ClFN3O4S/c1-23(2)28(25,26)22-18(24)14-8-15(19)17(9-16(14)20)27-13-4-3-11-5-6-21-10-12(11)7-13/h3-10H,1-2H3,(H,22,24). The number of fused-ring (bicyclic) bond motifs is 1. The van der Waals surface area contributed by atoms with E-state index in [0.29, 0.717) is 5.75 Å². The molecule has 0 atom stereocenters. The van der Waals surface area contributed by atoms with Gasteiger partial charge in [-0.1, -0.05) is 17.7 Å². The van der Waals surface area contributed by atoms with Crippen LogP contribution >= 0.6 is 11.6 Å². The summed E-state index contributed by atoms with van der Waals surface area (Å²) in [5.41, 5.74) is -0.523. The van der Waals surface area contributed by atoms with Gasteiger partial charge in [-0.15, -0.1) is 0 Å². The second-order valence-electron chi connectivity index (χ2n) is 5.97. The van der Waals surface area contributed by atoms with Crippen LogP contribution in [0, 0.1) is 5.82 Å². The average molecular weight is 424 g/mol. The Morgan fingerprint density at radius 1 is 1.18 bits per heavy atom. The van der Waals surface area contributed by atoms with E-state index in [1.54, 1.807) is 29.2 Å². The van der Waals surface area contributed by atoms with Crippen LogP contribution in [0.15, 0.2) is 48.8 Å². The van der Waals surface area contributed by atoms with Gasteiger partial charge in [0, 0.05) is 37.9 Å². The van der Waals surface area contributed by atoms with Crippen molar-refractivity contribution in [2.45, 2.75) is 0 Å². The van der Waals surface area contributed by atoms with Crippen molar-refractivity contribution in [1.82, 2.24) is 14.0 Å². The topological polar surface area (TPSA) is 88.6 Å². The molecule has 0 spiro atoms. The van der Waals surface area contributed by atoms with Crippen molar-refractivity contribution in [2.24, 2.45) is 0 Å². The van der Waals surface area contributed by atoms with E-state index >= 15 is 0 Å².